The van der Waals surface area contributed by atoms with Gasteiger partial charge in [-0.3, -0.25) is 4.68 Å². The van der Waals surface area contributed by atoms with Crippen LogP contribution in [0.1, 0.15) is 18.6 Å². The molecule has 8 heteroatoms. The van der Waals surface area contributed by atoms with Crippen LogP contribution in [0.2, 0.25) is 0 Å². The molecule has 2 unspecified atom stereocenters. The zero-order valence-electron chi connectivity index (χ0n) is 11.9. The van der Waals surface area contributed by atoms with Crippen molar-refractivity contribution in [3.8, 4) is 5.75 Å². The highest BCUT2D eigenvalue weighted by atomic mass is 16.5. The average molecular weight is 307 g/mol. The minimum atomic E-state index is -1.11. The van der Waals surface area contributed by atoms with Crippen LogP contribution in [0.3, 0.4) is 0 Å². The molecule has 0 saturated carbocycles. The van der Waals surface area contributed by atoms with Gasteiger partial charge in [0.25, 0.3) is 0 Å². The van der Waals surface area contributed by atoms with Crippen LogP contribution in [-0.4, -0.2) is 49.9 Å². The molecule has 1 aliphatic heterocycles. The van der Waals surface area contributed by atoms with Gasteiger partial charge in [0.15, 0.2) is 0 Å². The molecule has 0 bridgehead atoms. The summed E-state index contributed by atoms with van der Waals surface area (Å²) < 4.78 is 7.06. The summed E-state index contributed by atoms with van der Waals surface area (Å²) in [7, 11) is 0. The lowest BCUT2D eigenvalue weighted by Crippen LogP contribution is -2.35. The number of benzene rings is 1. The maximum absolute atomic E-state index is 10.7. The molecule has 0 spiro atoms. The first-order valence-electron chi connectivity index (χ1n) is 6.94. The third-order valence-corrected chi connectivity index (χ3v) is 3.69. The lowest BCUT2D eigenvalue weighted by molar-refractivity contribution is -0.0248. The van der Waals surface area contributed by atoms with Crippen molar-refractivity contribution in [3.05, 3.63) is 23.9 Å². The van der Waals surface area contributed by atoms with E-state index >= 15 is 0 Å². The molecule has 1 aromatic carbocycles. The molecule has 3 rings (SSSR count). The zero-order chi connectivity index (χ0) is 15.9. The molecule has 22 heavy (non-hydrogen) atoms. The smallest absolute Gasteiger partial charge is 0.404 e. The average Bonchev–Trinajstić information content (AvgIpc) is 2.85. The second-order valence-corrected chi connectivity index (χ2v) is 5.42. The number of fused-ring (bicyclic) bond motifs is 3. The van der Waals surface area contributed by atoms with Gasteiger partial charge in [0.1, 0.15) is 24.6 Å². The number of carbonyl (C=O) groups is 1. The summed E-state index contributed by atoms with van der Waals surface area (Å²) >= 11 is 0. The van der Waals surface area contributed by atoms with Crippen molar-refractivity contribution in [1.82, 2.24) is 15.1 Å². The minimum absolute atomic E-state index is 0.0325. The van der Waals surface area contributed by atoms with Gasteiger partial charge in [-0.05, 0) is 19.1 Å². The summed E-state index contributed by atoms with van der Waals surface area (Å²) in [6.45, 7) is 2.05. The largest absolute Gasteiger partial charge is 0.490 e. The van der Waals surface area contributed by atoms with E-state index in [-0.39, 0.29) is 12.6 Å². The van der Waals surface area contributed by atoms with Crippen molar-refractivity contribution >= 4 is 17.0 Å². The van der Waals surface area contributed by atoms with Crippen LogP contribution in [0.25, 0.3) is 10.9 Å². The van der Waals surface area contributed by atoms with E-state index in [1.165, 1.54) is 0 Å². The van der Waals surface area contributed by atoms with Gasteiger partial charge in [-0.15, -0.1) is 0 Å². The van der Waals surface area contributed by atoms with Crippen molar-refractivity contribution in [2.45, 2.75) is 31.7 Å². The number of aliphatic hydroxyl groups is 2. The quantitative estimate of drug-likeness (QED) is 0.655. The predicted octanol–water partition coefficient (Wildman–Crippen LogP) is 0.479. The Morgan fingerprint density at radius 3 is 3.05 bits per heavy atom. The highest BCUT2D eigenvalue weighted by Gasteiger charge is 2.31. The van der Waals surface area contributed by atoms with Gasteiger partial charge in [0.2, 0.25) is 0 Å². The molecule has 3 atom stereocenters. The zero-order valence-corrected chi connectivity index (χ0v) is 11.9. The van der Waals surface area contributed by atoms with E-state index in [1.807, 2.05) is 6.07 Å². The van der Waals surface area contributed by atoms with E-state index in [0.29, 0.717) is 23.4 Å². The second kappa shape index (κ2) is 5.47. The van der Waals surface area contributed by atoms with Crippen molar-refractivity contribution in [2.75, 3.05) is 6.61 Å². The van der Waals surface area contributed by atoms with Gasteiger partial charge < -0.3 is 25.4 Å². The molecule has 0 radical (unpaired) electrons. The molecule has 8 nitrogen and oxygen atoms in total. The maximum Gasteiger partial charge on any atom is 0.404 e. The molecule has 2 aromatic rings. The topological polar surface area (TPSA) is 117 Å². The number of carboxylic acid groups (broad SMARTS) is 1. The van der Waals surface area contributed by atoms with E-state index in [9.17, 15) is 15.0 Å². The second-order valence-electron chi connectivity index (χ2n) is 5.42. The Labute approximate surface area is 125 Å². The lowest BCUT2D eigenvalue weighted by atomic mass is 9.98. The number of rotatable bonds is 3. The molecular weight excluding hydrogens is 290 g/mol. The number of amides is 1. The van der Waals surface area contributed by atoms with Crippen LogP contribution >= 0.6 is 0 Å². The van der Waals surface area contributed by atoms with E-state index in [4.69, 9.17) is 9.84 Å². The highest BCUT2D eigenvalue weighted by molar-refractivity contribution is 5.85. The van der Waals surface area contributed by atoms with Crippen LogP contribution in [0, 0.1) is 0 Å². The SMILES string of the molecule is C[C@@H](Cn1ncc2ccc3c(c21)C(O)C(O)CO3)NC(=O)O. The van der Waals surface area contributed by atoms with Crippen molar-refractivity contribution in [2.24, 2.45) is 0 Å². The third kappa shape index (κ3) is 2.46. The fourth-order valence-electron chi connectivity index (χ4n) is 2.71. The van der Waals surface area contributed by atoms with E-state index < -0.39 is 18.3 Å². The van der Waals surface area contributed by atoms with Gasteiger partial charge in [-0.2, -0.15) is 5.10 Å². The molecule has 2 heterocycles. The standard InChI is InChI=1S/C14H17N3O5/c1-7(16-14(20)21)5-17-12-8(4-15-17)2-3-10-11(12)13(19)9(18)6-22-10/h2-4,7,9,13,16,18-19H,5-6H2,1H3,(H,20,21)/t7-,9?,13?/m0/s1. The summed E-state index contributed by atoms with van der Waals surface area (Å²) in [5, 5.41) is 36.2. The Balaban J connectivity index is 2.04. The summed E-state index contributed by atoms with van der Waals surface area (Å²) in [6, 6.07) is 3.19. The number of hydrogen-bond acceptors (Lipinski definition) is 5. The molecule has 0 saturated heterocycles. The molecule has 4 N–H and O–H groups in total. The van der Waals surface area contributed by atoms with Gasteiger partial charge in [-0.1, -0.05) is 0 Å². The number of aromatic nitrogens is 2. The van der Waals surface area contributed by atoms with Crippen molar-refractivity contribution in [3.63, 3.8) is 0 Å². The first kappa shape index (κ1) is 14.6. The van der Waals surface area contributed by atoms with Crippen molar-refractivity contribution < 1.29 is 24.9 Å². The van der Waals surface area contributed by atoms with E-state index in [0.717, 1.165) is 5.39 Å². The van der Waals surface area contributed by atoms with Gasteiger partial charge in [-0.25, -0.2) is 4.79 Å². The van der Waals surface area contributed by atoms with Crippen LogP contribution in [0.4, 0.5) is 4.79 Å². The molecule has 1 amide bonds. The number of aliphatic hydroxyl groups excluding tert-OH is 2. The molecule has 0 aliphatic carbocycles. The Morgan fingerprint density at radius 2 is 2.32 bits per heavy atom. The Bertz CT molecular complexity index is 714. The molecule has 118 valence electrons. The maximum atomic E-state index is 10.7. The lowest BCUT2D eigenvalue weighted by Gasteiger charge is -2.28. The Morgan fingerprint density at radius 1 is 1.55 bits per heavy atom. The van der Waals surface area contributed by atoms with Gasteiger partial charge in [0, 0.05) is 11.4 Å². The van der Waals surface area contributed by atoms with Crippen LogP contribution in [0.15, 0.2) is 18.3 Å². The number of nitrogens with one attached hydrogen (secondary N) is 1. The monoisotopic (exact) mass is 307 g/mol. The van der Waals surface area contributed by atoms with Crippen LogP contribution in [-0.2, 0) is 6.54 Å². The fraction of sp³-hybridized carbons (Fsp3) is 0.429. The minimum Gasteiger partial charge on any atom is -0.490 e. The summed E-state index contributed by atoms with van der Waals surface area (Å²) in [5.74, 6) is 0.505. The third-order valence-electron chi connectivity index (χ3n) is 3.69. The molecule has 1 aliphatic rings. The van der Waals surface area contributed by atoms with E-state index in [1.54, 1.807) is 23.9 Å². The van der Waals surface area contributed by atoms with Crippen LogP contribution in [0.5, 0.6) is 5.75 Å². The van der Waals surface area contributed by atoms with Gasteiger partial charge in [0.05, 0.1) is 23.8 Å². The normalized spacial score (nSPS) is 22.0. The first-order valence-corrected chi connectivity index (χ1v) is 6.94. The Kier molecular flexibility index (Phi) is 3.63. The Hall–Kier alpha value is -2.32. The summed E-state index contributed by atoms with van der Waals surface area (Å²) in [5.41, 5.74) is 1.12. The number of hydrogen-bond donors (Lipinski definition) is 4. The first-order chi connectivity index (χ1) is 10.5. The van der Waals surface area contributed by atoms with Crippen molar-refractivity contribution in [1.29, 1.82) is 0 Å². The van der Waals surface area contributed by atoms with E-state index in [2.05, 4.69) is 10.4 Å². The molecular formula is C14H17N3O5. The molecule has 0 fully saturated rings. The van der Waals surface area contributed by atoms with Crippen LogP contribution < -0.4 is 10.1 Å². The number of ether oxygens (including phenoxy) is 1. The number of nitrogens with zero attached hydrogens (tertiary/aromatic N) is 2. The summed E-state index contributed by atoms with van der Waals surface area (Å²) in [6.07, 6.45) is -1.54. The fourth-order valence-corrected chi connectivity index (χ4v) is 2.71. The molecule has 1 aromatic heterocycles. The highest BCUT2D eigenvalue weighted by Crippen LogP contribution is 2.37. The van der Waals surface area contributed by atoms with Gasteiger partial charge >= 0.3 is 6.09 Å². The predicted molar refractivity (Wildman–Crippen MR) is 76.8 cm³/mol. The summed E-state index contributed by atoms with van der Waals surface area (Å²) in [4.78, 5) is 10.7.